The average molecular weight is 512 g/mol. The van der Waals surface area contributed by atoms with Crippen molar-refractivity contribution in [3.63, 3.8) is 0 Å². The summed E-state index contributed by atoms with van der Waals surface area (Å²) in [5.74, 6) is -0.162. The molecule has 9 nitrogen and oxygen atoms in total. The third-order valence-corrected chi connectivity index (χ3v) is 7.43. The highest BCUT2D eigenvalue weighted by atomic mass is 32.1. The maximum atomic E-state index is 12.5. The van der Waals surface area contributed by atoms with Crippen molar-refractivity contribution in [2.75, 3.05) is 26.2 Å². The number of ether oxygens (including phenoxy) is 1. The normalized spacial score (nSPS) is 16.1. The number of thiazole rings is 1. The lowest BCUT2D eigenvalue weighted by molar-refractivity contribution is -0.123. The van der Waals surface area contributed by atoms with Gasteiger partial charge in [0.2, 0.25) is 0 Å². The van der Waals surface area contributed by atoms with Crippen LogP contribution in [0.25, 0.3) is 0 Å². The molecule has 192 valence electrons. The number of hydrogen-bond donors (Lipinski definition) is 3. The monoisotopic (exact) mass is 511 g/mol. The van der Waals surface area contributed by atoms with Crippen LogP contribution in [0.15, 0.2) is 47.4 Å². The molecule has 36 heavy (non-hydrogen) atoms. The van der Waals surface area contributed by atoms with Gasteiger partial charge in [-0.25, -0.2) is 9.78 Å². The Balaban J connectivity index is 1.15. The minimum absolute atomic E-state index is 0.00366. The van der Waals surface area contributed by atoms with Crippen LogP contribution in [-0.4, -0.2) is 54.0 Å². The van der Waals surface area contributed by atoms with E-state index in [-0.39, 0.29) is 24.2 Å². The summed E-state index contributed by atoms with van der Waals surface area (Å²) < 4.78 is 5.35. The number of hydrazine groups is 1. The first-order chi connectivity index (χ1) is 17.6. The van der Waals surface area contributed by atoms with Gasteiger partial charge in [-0.1, -0.05) is 29.8 Å². The van der Waals surface area contributed by atoms with Crippen molar-refractivity contribution in [3.8, 4) is 5.75 Å². The predicted molar refractivity (Wildman–Crippen MR) is 138 cm³/mol. The third kappa shape index (κ3) is 7.55. The van der Waals surface area contributed by atoms with Gasteiger partial charge in [0.05, 0.1) is 5.01 Å². The fraction of sp³-hybridized carbons (Fsp3) is 0.462. The molecule has 1 fully saturated rings. The van der Waals surface area contributed by atoms with Crippen LogP contribution in [0.4, 0.5) is 4.79 Å². The number of carbonyl (C=O) groups is 3. The van der Waals surface area contributed by atoms with Crippen LogP contribution in [0.1, 0.15) is 66.4 Å². The summed E-state index contributed by atoms with van der Waals surface area (Å²) in [6.07, 6.45) is 9.72. The number of amides is 4. The number of piperidine rings is 1. The largest absolute Gasteiger partial charge is 0.484 e. The molecule has 1 saturated heterocycles. The number of likely N-dealkylation sites (tertiary alicyclic amines) is 1. The fourth-order valence-electron chi connectivity index (χ4n) is 4.37. The summed E-state index contributed by atoms with van der Waals surface area (Å²) in [7, 11) is 0. The number of benzene rings is 1. The van der Waals surface area contributed by atoms with Gasteiger partial charge in [-0.15, -0.1) is 11.3 Å². The summed E-state index contributed by atoms with van der Waals surface area (Å²) in [5, 5.41) is 5.62. The Hall–Kier alpha value is -3.40. The lowest BCUT2D eigenvalue weighted by atomic mass is 9.97. The number of para-hydroxylation sites is 1. The maximum Gasteiger partial charge on any atom is 0.317 e. The van der Waals surface area contributed by atoms with E-state index in [0.717, 1.165) is 37.1 Å². The first-order valence-electron chi connectivity index (χ1n) is 12.5. The molecular formula is C26H33N5O4S. The van der Waals surface area contributed by atoms with Gasteiger partial charge in [0, 0.05) is 30.9 Å². The Morgan fingerprint density at radius 2 is 1.89 bits per heavy atom. The molecule has 1 aliphatic heterocycles. The first kappa shape index (κ1) is 25.7. The van der Waals surface area contributed by atoms with Gasteiger partial charge >= 0.3 is 6.03 Å². The number of nitrogens with one attached hydrogen (secondary N) is 3. The van der Waals surface area contributed by atoms with Crippen LogP contribution >= 0.6 is 11.3 Å². The number of hydrogen-bond acceptors (Lipinski definition) is 6. The van der Waals surface area contributed by atoms with Crippen LogP contribution in [-0.2, 0) is 4.79 Å². The van der Waals surface area contributed by atoms with E-state index in [0.29, 0.717) is 25.4 Å². The molecule has 3 N–H and O–H groups in total. The van der Waals surface area contributed by atoms with Gasteiger partial charge in [0.1, 0.15) is 11.4 Å². The van der Waals surface area contributed by atoms with Crippen molar-refractivity contribution < 1.29 is 19.1 Å². The lowest BCUT2D eigenvalue weighted by Crippen LogP contribution is -2.44. The summed E-state index contributed by atoms with van der Waals surface area (Å²) in [4.78, 5) is 43.2. The van der Waals surface area contributed by atoms with E-state index in [2.05, 4.69) is 27.2 Å². The Morgan fingerprint density at radius 3 is 2.64 bits per heavy atom. The molecule has 10 heteroatoms. The predicted octanol–water partition coefficient (Wildman–Crippen LogP) is 3.76. The van der Waals surface area contributed by atoms with Gasteiger partial charge in [-0.05, 0) is 57.1 Å². The van der Waals surface area contributed by atoms with Crippen molar-refractivity contribution in [1.29, 1.82) is 0 Å². The molecule has 1 aliphatic carbocycles. The van der Waals surface area contributed by atoms with Crippen molar-refractivity contribution in [3.05, 3.63) is 58.1 Å². The second-order valence-corrected chi connectivity index (χ2v) is 9.92. The van der Waals surface area contributed by atoms with E-state index >= 15 is 0 Å². The Kier molecular flexibility index (Phi) is 9.32. The topological polar surface area (TPSA) is 113 Å². The number of urea groups is 1. The summed E-state index contributed by atoms with van der Waals surface area (Å²) in [6.45, 7) is 1.80. The molecule has 0 unspecified atom stereocenters. The Labute approximate surface area is 215 Å². The third-order valence-electron chi connectivity index (χ3n) is 6.42. The number of rotatable bonds is 8. The molecule has 1 aromatic carbocycles. The van der Waals surface area contributed by atoms with E-state index in [4.69, 9.17) is 4.74 Å². The minimum Gasteiger partial charge on any atom is -0.484 e. The van der Waals surface area contributed by atoms with Gasteiger partial charge in [0.15, 0.2) is 6.61 Å². The van der Waals surface area contributed by atoms with Gasteiger partial charge in [-0.3, -0.25) is 20.4 Å². The number of carbonyl (C=O) groups excluding carboxylic acids is 3. The van der Waals surface area contributed by atoms with E-state index < -0.39 is 11.8 Å². The molecule has 2 aliphatic rings. The van der Waals surface area contributed by atoms with Crippen molar-refractivity contribution in [2.24, 2.45) is 0 Å². The van der Waals surface area contributed by atoms with E-state index in [1.54, 1.807) is 17.5 Å². The van der Waals surface area contributed by atoms with Crippen LogP contribution in [0.2, 0.25) is 0 Å². The molecule has 0 bridgehead atoms. The smallest absolute Gasteiger partial charge is 0.317 e. The van der Waals surface area contributed by atoms with Crippen LogP contribution in [0, 0.1) is 0 Å². The molecule has 0 radical (unpaired) electrons. The number of aromatic nitrogens is 1. The zero-order chi connectivity index (χ0) is 25.2. The molecule has 0 atom stereocenters. The zero-order valence-corrected chi connectivity index (χ0v) is 21.1. The van der Waals surface area contributed by atoms with Crippen molar-refractivity contribution >= 4 is 29.2 Å². The highest BCUT2D eigenvalue weighted by molar-refractivity contribution is 7.09. The van der Waals surface area contributed by atoms with Crippen LogP contribution in [0.3, 0.4) is 0 Å². The van der Waals surface area contributed by atoms with Crippen molar-refractivity contribution in [1.82, 2.24) is 26.1 Å². The second-order valence-electron chi connectivity index (χ2n) is 9.03. The van der Waals surface area contributed by atoms with E-state index in [1.165, 1.54) is 29.8 Å². The fourth-order valence-corrected chi connectivity index (χ4v) is 5.35. The average Bonchev–Trinajstić information content (AvgIpc) is 3.42. The standard InChI is InChI=1S/C26H33N5O4S/c32-23(17-35-21-9-5-2-6-10-21)29-30-24(33)22-18-36-25(28-22)20-12-15-31(16-13-20)26(34)27-14-11-19-7-3-1-4-8-19/h2,5-7,9-10,18,20H,1,3-4,8,11-17H2,(H,27,34)(H,29,32)(H,30,33). The van der Waals surface area contributed by atoms with Crippen LogP contribution in [0.5, 0.6) is 5.75 Å². The number of nitrogens with zero attached hydrogens (tertiary/aromatic N) is 2. The molecule has 1 aromatic heterocycles. The molecule has 4 amide bonds. The van der Waals surface area contributed by atoms with Gasteiger partial charge < -0.3 is 15.0 Å². The Bertz CT molecular complexity index is 1060. The molecule has 2 heterocycles. The summed E-state index contributed by atoms with van der Waals surface area (Å²) >= 11 is 1.43. The SMILES string of the molecule is O=C(COc1ccccc1)NNC(=O)c1csc(C2CCN(C(=O)NCCC3=CCCCC3)CC2)n1. The second kappa shape index (κ2) is 13.1. The quantitative estimate of drug-likeness (QED) is 0.369. The molecule has 0 spiro atoms. The lowest BCUT2D eigenvalue weighted by Gasteiger charge is -2.31. The van der Waals surface area contributed by atoms with E-state index in [1.807, 2.05) is 23.1 Å². The zero-order valence-electron chi connectivity index (χ0n) is 20.3. The molecule has 4 rings (SSSR count). The minimum atomic E-state index is -0.476. The number of allylic oxidation sites excluding steroid dienone is 1. The van der Waals surface area contributed by atoms with Gasteiger partial charge in [0.25, 0.3) is 11.8 Å². The van der Waals surface area contributed by atoms with Gasteiger partial charge in [-0.2, -0.15) is 0 Å². The maximum absolute atomic E-state index is 12.5. The summed E-state index contributed by atoms with van der Waals surface area (Å²) in [6, 6.07) is 8.96. The molecular weight excluding hydrogens is 478 g/mol. The molecule has 0 saturated carbocycles. The highest BCUT2D eigenvalue weighted by Gasteiger charge is 2.26. The summed E-state index contributed by atoms with van der Waals surface area (Å²) in [5.41, 5.74) is 6.44. The van der Waals surface area contributed by atoms with E-state index in [9.17, 15) is 14.4 Å². The highest BCUT2D eigenvalue weighted by Crippen LogP contribution is 2.30. The molecule has 2 aromatic rings. The Morgan fingerprint density at radius 1 is 1.08 bits per heavy atom. The first-order valence-corrected chi connectivity index (χ1v) is 13.4. The van der Waals surface area contributed by atoms with Crippen molar-refractivity contribution in [2.45, 2.75) is 50.9 Å². The van der Waals surface area contributed by atoms with Crippen LogP contribution < -0.4 is 20.9 Å².